The van der Waals surface area contributed by atoms with E-state index in [1.807, 2.05) is 0 Å². The molecule has 0 spiro atoms. The van der Waals surface area contributed by atoms with Gasteiger partial charge in [0.2, 0.25) is 0 Å². The minimum Gasteiger partial charge on any atom is -0.550 e. The molecule has 0 rings (SSSR count). The molecular formula is C48H94CaO4. The average molecular weight is 775 g/mol. The van der Waals surface area contributed by atoms with Crippen LogP contribution in [0.25, 0.3) is 0 Å². The molecule has 0 radical (unpaired) electrons. The molecule has 312 valence electrons. The molecule has 0 aromatic carbocycles. The second-order valence-electron chi connectivity index (χ2n) is 16.4. The van der Waals surface area contributed by atoms with E-state index in [9.17, 15) is 19.8 Å². The first-order valence-electron chi connectivity index (χ1n) is 23.9. The molecule has 0 amide bonds. The minimum atomic E-state index is -0.900. The van der Waals surface area contributed by atoms with Crippen molar-refractivity contribution in [2.24, 2.45) is 0 Å². The third-order valence-corrected chi connectivity index (χ3v) is 11.0. The predicted molar refractivity (Wildman–Crippen MR) is 230 cm³/mol. The zero-order chi connectivity index (χ0) is 38.3. The largest absolute Gasteiger partial charge is 2.00 e. The maximum absolute atomic E-state index is 10.3. The number of hydrogen-bond acceptors (Lipinski definition) is 4. The maximum Gasteiger partial charge on any atom is 2.00 e. The first kappa shape index (κ1) is 57.5. The molecule has 0 fully saturated rings. The first-order chi connectivity index (χ1) is 25.5. The molecule has 0 saturated carbocycles. The van der Waals surface area contributed by atoms with Gasteiger partial charge in [0.15, 0.2) is 0 Å². The van der Waals surface area contributed by atoms with Crippen LogP contribution in [0.4, 0.5) is 0 Å². The standard InChI is InChI=1S/2C24H48O2.Ca/c2*1-2-3-4-5-6-7-8-9-10-11-12-13-14-15-16-17-18-19-20-21-22-23-24(25)26;/h2*2-23H2,1H3,(H,25,26);/q;;+2/p-2. The fourth-order valence-electron chi connectivity index (χ4n) is 7.40. The van der Waals surface area contributed by atoms with Crippen LogP contribution in [-0.2, 0) is 9.59 Å². The van der Waals surface area contributed by atoms with Crippen LogP contribution >= 0.6 is 0 Å². The molecule has 0 N–H and O–H groups in total. The van der Waals surface area contributed by atoms with Gasteiger partial charge in [-0.3, -0.25) is 0 Å². The van der Waals surface area contributed by atoms with Crippen LogP contribution in [0.15, 0.2) is 0 Å². The van der Waals surface area contributed by atoms with E-state index in [1.54, 1.807) is 0 Å². The molecule has 5 heteroatoms. The molecule has 4 nitrogen and oxygen atoms in total. The SMILES string of the molecule is CCCCCCCCCCCCCCCCCCCCCCCC(=O)[O-].CCCCCCCCCCCCCCCCCCCCCCCC(=O)[O-].[Ca+2]. The van der Waals surface area contributed by atoms with Gasteiger partial charge in [-0.25, -0.2) is 0 Å². The number of carbonyl (C=O) groups is 2. The summed E-state index contributed by atoms with van der Waals surface area (Å²) >= 11 is 0. The van der Waals surface area contributed by atoms with E-state index < -0.39 is 11.9 Å². The summed E-state index contributed by atoms with van der Waals surface area (Å²) in [6.07, 6.45) is 57.4. The third kappa shape index (κ3) is 61.6. The van der Waals surface area contributed by atoms with Gasteiger partial charge in [-0.2, -0.15) is 0 Å². The van der Waals surface area contributed by atoms with E-state index in [0.717, 1.165) is 25.7 Å². The number of carbonyl (C=O) groups excluding carboxylic acids is 2. The Hall–Kier alpha value is 0.200. The second-order valence-corrected chi connectivity index (χ2v) is 16.4. The van der Waals surface area contributed by atoms with Gasteiger partial charge >= 0.3 is 37.7 Å². The Bertz CT molecular complexity index is 614. The molecule has 53 heavy (non-hydrogen) atoms. The fourth-order valence-corrected chi connectivity index (χ4v) is 7.40. The molecule has 0 aliphatic carbocycles. The molecule has 0 saturated heterocycles. The van der Waals surface area contributed by atoms with Crippen molar-refractivity contribution >= 4 is 49.7 Å². The summed E-state index contributed by atoms with van der Waals surface area (Å²) in [4.78, 5) is 20.6. The molecule has 0 aromatic heterocycles. The van der Waals surface area contributed by atoms with Crippen LogP contribution in [0.1, 0.15) is 296 Å². The van der Waals surface area contributed by atoms with Crippen molar-refractivity contribution in [2.75, 3.05) is 0 Å². The van der Waals surface area contributed by atoms with E-state index in [1.165, 1.54) is 244 Å². The summed E-state index contributed by atoms with van der Waals surface area (Å²) in [5.41, 5.74) is 0. The molecule has 0 bridgehead atoms. The number of carboxylic acids is 2. The summed E-state index contributed by atoms with van der Waals surface area (Å²) in [6.45, 7) is 4.57. The molecule has 0 aliphatic heterocycles. The van der Waals surface area contributed by atoms with Gasteiger partial charge in [0, 0.05) is 11.9 Å². The zero-order valence-electron chi connectivity index (χ0n) is 36.5. The van der Waals surface area contributed by atoms with Crippen LogP contribution in [0, 0.1) is 0 Å². The molecule has 0 atom stereocenters. The van der Waals surface area contributed by atoms with Crippen LogP contribution in [-0.4, -0.2) is 49.7 Å². The Morgan fingerprint density at radius 2 is 0.358 bits per heavy atom. The first-order valence-corrected chi connectivity index (χ1v) is 23.9. The Labute approximate surface area is 363 Å². The summed E-state index contributed by atoms with van der Waals surface area (Å²) in [5.74, 6) is -1.80. The van der Waals surface area contributed by atoms with Gasteiger partial charge in [-0.15, -0.1) is 0 Å². The van der Waals surface area contributed by atoms with Crippen molar-refractivity contribution in [2.45, 2.75) is 296 Å². The summed E-state index contributed by atoms with van der Waals surface area (Å²) in [6, 6.07) is 0. The zero-order valence-corrected chi connectivity index (χ0v) is 38.7. The van der Waals surface area contributed by atoms with Crippen molar-refractivity contribution in [1.29, 1.82) is 0 Å². The van der Waals surface area contributed by atoms with E-state index in [0.29, 0.717) is 0 Å². The molecule has 0 aliphatic rings. The molecule has 0 aromatic rings. The van der Waals surface area contributed by atoms with Crippen molar-refractivity contribution < 1.29 is 19.8 Å². The van der Waals surface area contributed by atoms with Gasteiger partial charge in [-0.1, -0.05) is 271 Å². The number of unbranched alkanes of at least 4 members (excludes halogenated alkanes) is 40. The Balaban J connectivity index is -0.000000926. The van der Waals surface area contributed by atoms with Gasteiger partial charge in [0.1, 0.15) is 0 Å². The topological polar surface area (TPSA) is 80.3 Å². The van der Waals surface area contributed by atoms with E-state index >= 15 is 0 Å². The summed E-state index contributed by atoms with van der Waals surface area (Å²) < 4.78 is 0. The van der Waals surface area contributed by atoms with E-state index in [-0.39, 0.29) is 50.6 Å². The van der Waals surface area contributed by atoms with Crippen molar-refractivity contribution in [3.8, 4) is 0 Å². The summed E-state index contributed by atoms with van der Waals surface area (Å²) in [7, 11) is 0. The van der Waals surface area contributed by atoms with Gasteiger partial charge < -0.3 is 19.8 Å². The van der Waals surface area contributed by atoms with E-state index in [4.69, 9.17) is 0 Å². The van der Waals surface area contributed by atoms with E-state index in [2.05, 4.69) is 13.8 Å². The fraction of sp³-hybridized carbons (Fsp3) is 0.958. The molecule has 0 unspecified atom stereocenters. The maximum atomic E-state index is 10.3. The minimum absolute atomic E-state index is 0. The quantitative estimate of drug-likeness (QED) is 0.0456. The number of hydrogen-bond donors (Lipinski definition) is 0. The van der Waals surface area contributed by atoms with Crippen LogP contribution in [0.3, 0.4) is 0 Å². The Kier molecular flexibility index (Phi) is 58.9. The van der Waals surface area contributed by atoms with Crippen LogP contribution < -0.4 is 10.2 Å². The number of rotatable bonds is 44. The third-order valence-electron chi connectivity index (χ3n) is 11.0. The molecular weight excluding hydrogens is 681 g/mol. The monoisotopic (exact) mass is 775 g/mol. The average Bonchev–Trinajstić information content (AvgIpc) is 3.13. The normalized spacial score (nSPS) is 10.9. The van der Waals surface area contributed by atoms with Gasteiger partial charge in [-0.05, 0) is 25.7 Å². The molecule has 0 heterocycles. The second kappa shape index (κ2) is 54.3. The van der Waals surface area contributed by atoms with Gasteiger partial charge in [0.25, 0.3) is 0 Å². The van der Waals surface area contributed by atoms with Crippen molar-refractivity contribution in [1.82, 2.24) is 0 Å². The smallest absolute Gasteiger partial charge is 0.550 e. The summed E-state index contributed by atoms with van der Waals surface area (Å²) in [5, 5.41) is 20.6. The Morgan fingerprint density at radius 1 is 0.245 bits per heavy atom. The van der Waals surface area contributed by atoms with Gasteiger partial charge in [0.05, 0.1) is 0 Å². The van der Waals surface area contributed by atoms with Crippen molar-refractivity contribution in [3.63, 3.8) is 0 Å². The van der Waals surface area contributed by atoms with Crippen molar-refractivity contribution in [3.05, 3.63) is 0 Å². The predicted octanol–water partition coefficient (Wildman–Crippen LogP) is 14.3. The van der Waals surface area contributed by atoms with Crippen LogP contribution in [0.5, 0.6) is 0 Å². The Morgan fingerprint density at radius 3 is 0.472 bits per heavy atom. The number of carboxylic acid groups (broad SMARTS) is 2. The van der Waals surface area contributed by atoms with Crippen LogP contribution in [0.2, 0.25) is 0 Å². The number of aliphatic carboxylic acids is 2.